The number of hydrogen-bond acceptors (Lipinski definition) is 6. The van der Waals surface area contributed by atoms with Crippen LogP contribution in [0.5, 0.6) is 0 Å². The molecular weight excluding hydrogens is 988 g/mol. The van der Waals surface area contributed by atoms with E-state index in [-0.39, 0.29) is 32.0 Å². The number of rotatable bonds is 54. The third kappa shape index (κ3) is 56.9. The molecule has 3 atom stereocenters. The van der Waals surface area contributed by atoms with Crippen molar-refractivity contribution in [3.63, 3.8) is 0 Å². The Morgan fingerprint density at radius 1 is 0.462 bits per heavy atom. The Hall–Kier alpha value is -3.85. The minimum Gasteiger partial charge on any atom is -0.456 e. The lowest BCUT2D eigenvalue weighted by atomic mass is 10.0. The molecule has 0 heterocycles. The molecule has 0 radical (unpaired) electrons. The number of nitrogens with zero attached hydrogens (tertiary/aromatic N) is 1. The first-order valence-corrected chi connectivity index (χ1v) is 32.5. The zero-order valence-electron chi connectivity index (χ0n) is 50.6. The highest BCUT2D eigenvalue weighted by atomic mass is 31.2. The van der Waals surface area contributed by atoms with Crippen LogP contribution in [-0.2, 0) is 27.9 Å². The molecule has 0 aromatic heterocycles. The predicted octanol–water partition coefficient (Wildman–Crippen LogP) is 19.3. The Bertz CT molecular complexity index is 1800. The van der Waals surface area contributed by atoms with Gasteiger partial charge in [-0.25, -0.2) is 4.57 Å². The normalized spacial score (nSPS) is 14.6. The third-order valence-corrected chi connectivity index (χ3v) is 13.8. The van der Waals surface area contributed by atoms with Crippen molar-refractivity contribution < 1.29 is 37.3 Å². The monoisotopic (exact) mass is 1100 g/mol. The molecule has 0 saturated heterocycles. The summed E-state index contributed by atoms with van der Waals surface area (Å²) >= 11 is 0. The number of carbonyl (C=O) groups is 2. The molecule has 3 unspecified atom stereocenters. The molecule has 0 aliphatic rings. The molecule has 1 amide bonds. The molecule has 0 bridgehead atoms. The van der Waals surface area contributed by atoms with Crippen LogP contribution in [0.25, 0.3) is 0 Å². The number of hydrogen-bond donors (Lipinski definition) is 2. The van der Waals surface area contributed by atoms with E-state index in [1.165, 1.54) is 77.0 Å². The van der Waals surface area contributed by atoms with Crippen molar-refractivity contribution in [3.8, 4) is 0 Å². The van der Waals surface area contributed by atoms with E-state index in [1.54, 1.807) is 0 Å². The molecule has 444 valence electrons. The van der Waals surface area contributed by atoms with Crippen molar-refractivity contribution in [3.05, 3.63) is 134 Å². The van der Waals surface area contributed by atoms with Crippen LogP contribution in [0, 0.1) is 0 Å². The van der Waals surface area contributed by atoms with E-state index >= 15 is 0 Å². The molecule has 10 heteroatoms. The number of phosphoric acid groups is 1. The summed E-state index contributed by atoms with van der Waals surface area (Å²) < 4.78 is 30.6. The Balaban J connectivity index is 5.43. The summed E-state index contributed by atoms with van der Waals surface area (Å²) in [6, 6.07) is -0.899. The highest BCUT2D eigenvalue weighted by Crippen LogP contribution is 2.43. The SMILES string of the molecule is CC/C=C\C/C=C\C/C=C\C/C=C\C/C=C\C/C=C\CCC(=O)OC(/C=C/CCCCCCCCCCCC)C(COP(=O)(O)OCC[N+](C)(C)C)NC(=O)CCCCCCC/C=C\C/C=C\C/C=C\C/C=C\CCCCC. The minimum absolute atomic E-state index is 0.0175. The van der Waals surface area contributed by atoms with E-state index in [0.29, 0.717) is 23.9 Å². The number of carbonyl (C=O) groups excluding carboxylic acids is 2. The molecular formula is C68H116N2O7P+. The van der Waals surface area contributed by atoms with Crippen LogP contribution in [0.2, 0.25) is 0 Å². The van der Waals surface area contributed by atoms with Crippen LogP contribution in [0.15, 0.2) is 134 Å². The summed E-state index contributed by atoms with van der Waals surface area (Å²) in [7, 11) is 1.42. The second-order valence-corrected chi connectivity index (χ2v) is 22.9. The summed E-state index contributed by atoms with van der Waals surface area (Å²) in [6.07, 6.45) is 80.3. The van der Waals surface area contributed by atoms with Crippen molar-refractivity contribution >= 4 is 19.7 Å². The number of unbranched alkanes of at least 4 members (excludes halogenated alkanes) is 18. The first-order valence-electron chi connectivity index (χ1n) is 31.0. The largest absolute Gasteiger partial charge is 0.472 e. The van der Waals surface area contributed by atoms with E-state index in [2.05, 4.69) is 135 Å². The Morgan fingerprint density at radius 2 is 0.833 bits per heavy atom. The van der Waals surface area contributed by atoms with Crippen LogP contribution in [0.4, 0.5) is 0 Å². The quantitative estimate of drug-likeness (QED) is 0.0205. The van der Waals surface area contributed by atoms with E-state index in [9.17, 15) is 19.0 Å². The molecule has 9 nitrogen and oxygen atoms in total. The van der Waals surface area contributed by atoms with Crippen molar-refractivity contribution in [2.45, 2.75) is 245 Å². The summed E-state index contributed by atoms with van der Waals surface area (Å²) in [4.78, 5) is 37.7. The van der Waals surface area contributed by atoms with E-state index < -0.39 is 25.9 Å². The Morgan fingerprint density at radius 3 is 1.28 bits per heavy atom. The van der Waals surface area contributed by atoms with E-state index in [0.717, 1.165) is 109 Å². The summed E-state index contributed by atoms with van der Waals surface area (Å²) in [5.41, 5.74) is 0. The number of allylic oxidation sites excluding steroid dienone is 21. The maximum atomic E-state index is 13.5. The van der Waals surface area contributed by atoms with Gasteiger partial charge >= 0.3 is 13.8 Å². The maximum Gasteiger partial charge on any atom is 0.472 e. The van der Waals surface area contributed by atoms with Gasteiger partial charge in [0, 0.05) is 12.8 Å². The molecule has 0 fully saturated rings. The van der Waals surface area contributed by atoms with Gasteiger partial charge in [-0.05, 0) is 115 Å². The van der Waals surface area contributed by atoms with Gasteiger partial charge < -0.3 is 19.4 Å². The lowest BCUT2D eigenvalue weighted by Crippen LogP contribution is -2.47. The fourth-order valence-electron chi connectivity index (χ4n) is 8.07. The molecule has 0 spiro atoms. The van der Waals surface area contributed by atoms with Crippen LogP contribution in [0.3, 0.4) is 0 Å². The molecule has 0 aromatic carbocycles. The van der Waals surface area contributed by atoms with Crippen LogP contribution in [0.1, 0.15) is 233 Å². The van der Waals surface area contributed by atoms with E-state index in [4.69, 9.17) is 13.8 Å². The minimum atomic E-state index is -4.48. The second kappa shape index (κ2) is 56.4. The number of amides is 1. The van der Waals surface area contributed by atoms with Crippen molar-refractivity contribution in [2.24, 2.45) is 0 Å². The molecule has 0 rings (SSSR count). The summed E-state index contributed by atoms with van der Waals surface area (Å²) in [6.45, 7) is 6.78. The molecule has 0 saturated carbocycles. The van der Waals surface area contributed by atoms with Crippen molar-refractivity contribution in [1.82, 2.24) is 5.32 Å². The van der Waals surface area contributed by atoms with Gasteiger partial charge in [0.25, 0.3) is 0 Å². The zero-order chi connectivity index (χ0) is 57.2. The van der Waals surface area contributed by atoms with Gasteiger partial charge in [-0.3, -0.25) is 18.6 Å². The number of quaternary nitrogens is 1. The van der Waals surface area contributed by atoms with Gasteiger partial charge in [0.15, 0.2) is 0 Å². The lowest BCUT2D eigenvalue weighted by Gasteiger charge is -2.27. The summed E-state index contributed by atoms with van der Waals surface area (Å²) in [5, 5.41) is 3.02. The van der Waals surface area contributed by atoms with Crippen LogP contribution >= 0.6 is 7.82 Å². The smallest absolute Gasteiger partial charge is 0.456 e. The predicted molar refractivity (Wildman–Crippen MR) is 336 cm³/mol. The van der Waals surface area contributed by atoms with Gasteiger partial charge in [0.1, 0.15) is 19.3 Å². The van der Waals surface area contributed by atoms with Gasteiger partial charge in [-0.1, -0.05) is 238 Å². The zero-order valence-corrected chi connectivity index (χ0v) is 51.5. The maximum absolute atomic E-state index is 13.5. The van der Waals surface area contributed by atoms with Gasteiger partial charge in [0.2, 0.25) is 5.91 Å². The highest BCUT2D eigenvalue weighted by molar-refractivity contribution is 7.47. The number of ether oxygens (including phenoxy) is 1. The first kappa shape index (κ1) is 74.2. The molecule has 78 heavy (non-hydrogen) atoms. The number of phosphoric ester groups is 1. The van der Waals surface area contributed by atoms with Crippen LogP contribution in [-0.4, -0.2) is 74.3 Å². The molecule has 0 aromatic rings. The lowest BCUT2D eigenvalue weighted by molar-refractivity contribution is -0.870. The number of likely N-dealkylation sites (N-methyl/N-ethyl adjacent to an activating group) is 1. The van der Waals surface area contributed by atoms with Gasteiger partial charge in [-0.15, -0.1) is 0 Å². The van der Waals surface area contributed by atoms with Crippen molar-refractivity contribution in [2.75, 3.05) is 40.9 Å². The highest BCUT2D eigenvalue weighted by Gasteiger charge is 2.30. The average Bonchev–Trinajstić information content (AvgIpc) is 3.40. The molecule has 0 aliphatic heterocycles. The number of nitrogens with one attached hydrogen (secondary N) is 1. The second-order valence-electron chi connectivity index (χ2n) is 21.5. The molecule has 2 N–H and O–H groups in total. The standard InChI is InChI=1S/C68H115N2O7P/c1-7-10-13-16-19-22-25-28-30-32-34-35-37-38-40-42-45-48-51-54-57-60-67(71)69-65(64-76-78(73,74)75-63-62-70(4,5)6)66(59-56-53-50-47-44-27-24-21-18-15-12-9-3)77-68(72)61-58-55-52-49-46-43-41-39-36-33-31-29-26-23-20-17-14-11-8-2/h11,14,19-20,22-23,28-31,34-36,38-40,43,46,52,55-56,59,65-66H,7-10,12-13,15-18,21,24-27,32-33,37,41-42,44-45,47-51,53-54,57-58,60-64H2,1-6H3,(H-,69,71,73,74)/p+1/b14-11-,22-19-,23-20-,30-28-,31-29-,35-34-,39-36-,40-38-,46-43-,55-52-,59-56+. The topological polar surface area (TPSA) is 111 Å². The summed E-state index contributed by atoms with van der Waals surface area (Å²) in [5.74, 6) is -0.634. The Labute approximate surface area is 479 Å². The van der Waals surface area contributed by atoms with Crippen molar-refractivity contribution in [1.29, 1.82) is 0 Å². The van der Waals surface area contributed by atoms with Crippen LogP contribution < -0.4 is 5.32 Å². The average molecular weight is 1100 g/mol. The van der Waals surface area contributed by atoms with E-state index in [1.807, 2.05) is 45.4 Å². The number of esters is 1. The first-order chi connectivity index (χ1) is 37.9. The van der Waals surface area contributed by atoms with Gasteiger partial charge in [0.05, 0.1) is 33.8 Å². The fraction of sp³-hybridized carbons (Fsp3) is 0.647. The fourth-order valence-corrected chi connectivity index (χ4v) is 8.80. The van der Waals surface area contributed by atoms with Gasteiger partial charge in [-0.2, -0.15) is 0 Å². The third-order valence-electron chi connectivity index (χ3n) is 12.8. The molecule has 0 aliphatic carbocycles. The Kier molecular flexibility index (Phi) is 53.6.